The zero-order chi connectivity index (χ0) is 12.0. The van der Waals surface area contributed by atoms with Gasteiger partial charge in [0.15, 0.2) is 0 Å². The maximum absolute atomic E-state index is 10.4. The number of pyridine rings is 1. The van der Waals surface area contributed by atoms with Crippen molar-refractivity contribution in [2.24, 2.45) is 0 Å². The monoisotopic (exact) mass is 219 g/mol. The van der Waals surface area contributed by atoms with E-state index in [1.807, 2.05) is 6.92 Å². The molecule has 0 bridgehead atoms. The zero-order valence-electron chi connectivity index (χ0n) is 9.01. The number of carboxylic acid groups (broad SMARTS) is 1. The Morgan fingerprint density at radius 1 is 1.62 bits per heavy atom. The first-order chi connectivity index (χ1) is 7.63. The fourth-order valence-electron chi connectivity index (χ4n) is 1.10. The van der Waals surface area contributed by atoms with Gasteiger partial charge in [-0.2, -0.15) is 0 Å². The molecule has 0 aliphatic carbocycles. The van der Waals surface area contributed by atoms with Gasteiger partial charge in [0.05, 0.1) is 0 Å². The molecule has 16 heavy (non-hydrogen) atoms. The van der Waals surface area contributed by atoms with Gasteiger partial charge in [0.25, 0.3) is 0 Å². The molecule has 0 fully saturated rings. The number of hydrogen-bond donors (Lipinski definition) is 1. The summed E-state index contributed by atoms with van der Waals surface area (Å²) < 4.78 is 5.35. The van der Waals surface area contributed by atoms with Crippen LogP contribution in [-0.4, -0.2) is 22.7 Å². The van der Waals surface area contributed by atoms with Crippen LogP contribution in [0.3, 0.4) is 0 Å². The van der Waals surface area contributed by atoms with Crippen molar-refractivity contribution >= 4 is 12.0 Å². The number of hydrogen-bond acceptors (Lipinski definition) is 3. The van der Waals surface area contributed by atoms with Crippen LogP contribution >= 0.6 is 0 Å². The van der Waals surface area contributed by atoms with E-state index in [0.29, 0.717) is 18.1 Å². The van der Waals surface area contributed by atoms with Crippen molar-refractivity contribution in [3.05, 3.63) is 42.3 Å². The molecule has 0 amide bonds. The largest absolute Gasteiger partial charge is 0.487 e. The summed E-state index contributed by atoms with van der Waals surface area (Å²) in [7, 11) is 0. The van der Waals surface area contributed by atoms with E-state index in [-0.39, 0.29) is 0 Å². The molecule has 1 N–H and O–H groups in total. The number of carbonyl (C=O) groups is 1. The van der Waals surface area contributed by atoms with Crippen molar-refractivity contribution in [3.63, 3.8) is 0 Å². The van der Waals surface area contributed by atoms with E-state index in [0.717, 1.165) is 11.8 Å². The Labute approximate surface area is 93.9 Å². The van der Waals surface area contributed by atoms with Gasteiger partial charge in [-0.1, -0.05) is 12.7 Å². The van der Waals surface area contributed by atoms with Crippen molar-refractivity contribution in [3.8, 4) is 5.75 Å². The quantitative estimate of drug-likeness (QED) is 0.608. The second kappa shape index (κ2) is 5.70. The molecule has 0 aliphatic heterocycles. The SMILES string of the molecule is C=CCOc1ccc(C)nc1C=CC(=O)O. The summed E-state index contributed by atoms with van der Waals surface area (Å²) in [6.45, 7) is 5.73. The first-order valence-corrected chi connectivity index (χ1v) is 4.76. The predicted molar refractivity (Wildman–Crippen MR) is 61.3 cm³/mol. The Kier molecular flexibility index (Phi) is 4.27. The molecular formula is C12H13NO3. The Bertz CT molecular complexity index is 424. The second-order valence-corrected chi connectivity index (χ2v) is 3.11. The standard InChI is InChI=1S/C12H13NO3/c1-3-8-16-11-6-4-9(2)13-10(11)5-7-12(14)15/h3-7H,1,8H2,2H3,(H,14,15). The number of aliphatic carboxylic acids is 1. The zero-order valence-corrected chi connectivity index (χ0v) is 9.01. The minimum Gasteiger partial charge on any atom is -0.487 e. The topological polar surface area (TPSA) is 59.4 Å². The molecule has 0 unspecified atom stereocenters. The Morgan fingerprint density at radius 2 is 2.38 bits per heavy atom. The molecule has 0 saturated carbocycles. The van der Waals surface area contributed by atoms with E-state index < -0.39 is 5.97 Å². The molecule has 0 spiro atoms. The van der Waals surface area contributed by atoms with Crippen LogP contribution in [0, 0.1) is 6.92 Å². The molecule has 1 rings (SSSR count). The molecule has 0 radical (unpaired) electrons. The molecule has 1 aromatic rings. The molecule has 0 saturated heterocycles. The summed E-state index contributed by atoms with van der Waals surface area (Å²) >= 11 is 0. The lowest BCUT2D eigenvalue weighted by Gasteiger charge is -2.06. The number of nitrogens with zero attached hydrogens (tertiary/aromatic N) is 1. The minimum absolute atomic E-state index is 0.360. The van der Waals surface area contributed by atoms with Gasteiger partial charge in [-0.25, -0.2) is 9.78 Å². The van der Waals surface area contributed by atoms with E-state index in [1.54, 1.807) is 18.2 Å². The highest BCUT2D eigenvalue weighted by Crippen LogP contribution is 2.18. The lowest BCUT2D eigenvalue weighted by molar-refractivity contribution is -0.131. The molecule has 4 nitrogen and oxygen atoms in total. The fourth-order valence-corrected chi connectivity index (χ4v) is 1.10. The second-order valence-electron chi connectivity index (χ2n) is 3.11. The van der Waals surface area contributed by atoms with Crippen molar-refractivity contribution in [2.75, 3.05) is 6.61 Å². The Hall–Kier alpha value is -2.10. The van der Waals surface area contributed by atoms with E-state index >= 15 is 0 Å². The fraction of sp³-hybridized carbons (Fsp3) is 0.167. The van der Waals surface area contributed by atoms with Gasteiger partial charge in [0, 0.05) is 11.8 Å². The highest BCUT2D eigenvalue weighted by Gasteiger charge is 2.02. The van der Waals surface area contributed by atoms with Gasteiger partial charge in [0.1, 0.15) is 18.1 Å². The average molecular weight is 219 g/mol. The molecule has 84 valence electrons. The molecular weight excluding hydrogens is 206 g/mol. The summed E-state index contributed by atoms with van der Waals surface area (Å²) in [5.74, 6) is -0.471. The van der Waals surface area contributed by atoms with Gasteiger partial charge < -0.3 is 9.84 Å². The van der Waals surface area contributed by atoms with Gasteiger partial charge in [-0.05, 0) is 25.1 Å². The van der Waals surface area contributed by atoms with Gasteiger partial charge in [-0.15, -0.1) is 0 Å². The predicted octanol–water partition coefficient (Wildman–Crippen LogP) is 2.05. The third kappa shape index (κ3) is 3.57. The maximum Gasteiger partial charge on any atom is 0.328 e. The normalized spacial score (nSPS) is 10.3. The number of aryl methyl sites for hydroxylation is 1. The van der Waals surface area contributed by atoms with Crippen molar-refractivity contribution in [1.29, 1.82) is 0 Å². The van der Waals surface area contributed by atoms with E-state index in [4.69, 9.17) is 9.84 Å². The summed E-state index contributed by atoms with van der Waals surface area (Å²) in [4.78, 5) is 14.6. The lowest BCUT2D eigenvalue weighted by atomic mass is 10.2. The third-order valence-corrected chi connectivity index (χ3v) is 1.77. The number of aromatic nitrogens is 1. The Morgan fingerprint density at radius 3 is 3.00 bits per heavy atom. The molecule has 1 aromatic heterocycles. The molecule has 1 heterocycles. The van der Waals surface area contributed by atoms with Crippen LogP contribution in [0.1, 0.15) is 11.4 Å². The summed E-state index contributed by atoms with van der Waals surface area (Å²) in [6.07, 6.45) is 4.06. The van der Waals surface area contributed by atoms with E-state index in [2.05, 4.69) is 11.6 Å². The minimum atomic E-state index is -1.02. The van der Waals surface area contributed by atoms with Crippen LogP contribution in [0.25, 0.3) is 6.08 Å². The summed E-state index contributed by atoms with van der Waals surface area (Å²) in [5.41, 5.74) is 1.31. The van der Waals surface area contributed by atoms with Gasteiger partial charge in [0.2, 0.25) is 0 Å². The Balaban J connectivity index is 2.97. The highest BCUT2D eigenvalue weighted by atomic mass is 16.5. The average Bonchev–Trinajstić information content (AvgIpc) is 2.25. The van der Waals surface area contributed by atoms with Crippen molar-refractivity contribution in [2.45, 2.75) is 6.92 Å². The molecule has 4 heteroatoms. The third-order valence-electron chi connectivity index (χ3n) is 1.77. The smallest absolute Gasteiger partial charge is 0.328 e. The van der Waals surface area contributed by atoms with Crippen LogP contribution < -0.4 is 4.74 Å². The van der Waals surface area contributed by atoms with Crippen LogP contribution in [-0.2, 0) is 4.79 Å². The summed E-state index contributed by atoms with van der Waals surface area (Å²) in [6, 6.07) is 3.56. The number of rotatable bonds is 5. The van der Waals surface area contributed by atoms with Crippen LogP contribution in [0.5, 0.6) is 5.75 Å². The molecule has 0 aromatic carbocycles. The van der Waals surface area contributed by atoms with Crippen LogP contribution in [0.2, 0.25) is 0 Å². The lowest BCUT2D eigenvalue weighted by Crippen LogP contribution is -1.98. The number of carboxylic acids is 1. The first-order valence-electron chi connectivity index (χ1n) is 4.76. The van der Waals surface area contributed by atoms with Crippen LogP contribution in [0.15, 0.2) is 30.9 Å². The van der Waals surface area contributed by atoms with Gasteiger partial charge >= 0.3 is 5.97 Å². The highest BCUT2D eigenvalue weighted by molar-refractivity contribution is 5.85. The van der Waals surface area contributed by atoms with E-state index in [1.165, 1.54) is 6.08 Å². The first kappa shape index (κ1) is 12.0. The van der Waals surface area contributed by atoms with E-state index in [9.17, 15) is 4.79 Å². The van der Waals surface area contributed by atoms with Crippen molar-refractivity contribution < 1.29 is 14.6 Å². The molecule has 0 atom stereocenters. The number of ether oxygens (including phenoxy) is 1. The molecule has 0 aliphatic rings. The van der Waals surface area contributed by atoms with Crippen LogP contribution in [0.4, 0.5) is 0 Å². The maximum atomic E-state index is 10.4. The van der Waals surface area contributed by atoms with Gasteiger partial charge in [-0.3, -0.25) is 0 Å². The summed E-state index contributed by atoms with van der Waals surface area (Å²) in [5, 5.41) is 8.54. The van der Waals surface area contributed by atoms with Crippen molar-refractivity contribution in [1.82, 2.24) is 4.98 Å².